The van der Waals surface area contributed by atoms with Crippen LogP contribution in [0.15, 0.2) is 29.1 Å². The van der Waals surface area contributed by atoms with Crippen molar-refractivity contribution in [2.24, 2.45) is 5.92 Å². The minimum absolute atomic E-state index is 0.0207. The van der Waals surface area contributed by atoms with Gasteiger partial charge in [0.15, 0.2) is 0 Å². The lowest BCUT2D eigenvalue weighted by Gasteiger charge is -2.36. The van der Waals surface area contributed by atoms with E-state index in [9.17, 15) is 22.8 Å². The number of rotatable bonds is 8. The summed E-state index contributed by atoms with van der Waals surface area (Å²) in [5.74, 6) is 0.833. The molecule has 0 saturated carbocycles. The molecule has 39 heavy (non-hydrogen) atoms. The predicted octanol–water partition coefficient (Wildman–Crippen LogP) is 4.73. The van der Waals surface area contributed by atoms with Gasteiger partial charge in [0.1, 0.15) is 11.5 Å². The van der Waals surface area contributed by atoms with E-state index >= 15 is 0 Å². The molecule has 0 bridgehead atoms. The Morgan fingerprint density at radius 3 is 2.46 bits per heavy atom. The van der Waals surface area contributed by atoms with Gasteiger partial charge in [-0.3, -0.25) is 14.5 Å². The van der Waals surface area contributed by atoms with E-state index < -0.39 is 12.7 Å². The Kier molecular flexibility index (Phi) is 8.29. The Hall–Kier alpha value is -3.47. The SMILES string of the molecule is COc1ccc2c(C(=O)NCc3c(OC)cc(C)[nH]c3=O)c(C)n([C@@H](C)C3CCN(CC(F)(F)F)CC3)c2c1. The maximum absolute atomic E-state index is 13.6. The summed E-state index contributed by atoms with van der Waals surface area (Å²) < 4.78 is 51.5. The number of hydrogen-bond acceptors (Lipinski definition) is 5. The average molecular weight is 549 g/mol. The van der Waals surface area contributed by atoms with E-state index in [1.54, 1.807) is 26.2 Å². The fraction of sp³-hybridized carbons (Fsp3) is 0.500. The number of halogens is 3. The number of fused-ring (bicyclic) bond motifs is 1. The fourth-order valence-corrected chi connectivity index (χ4v) is 5.71. The van der Waals surface area contributed by atoms with Crippen molar-refractivity contribution < 1.29 is 27.4 Å². The van der Waals surface area contributed by atoms with Gasteiger partial charge in [-0.2, -0.15) is 13.2 Å². The normalized spacial score (nSPS) is 15.9. The molecule has 0 spiro atoms. The molecule has 1 amide bonds. The van der Waals surface area contributed by atoms with Crippen molar-refractivity contribution in [3.8, 4) is 11.5 Å². The highest BCUT2D eigenvalue weighted by atomic mass is 19.4. The molecule has 11 heteroatoms. The third-order valence-electron chi connectivity index (χ3n) is 7.68. The minimum Gasteiger partial charge on any atom is -0.497 e. The lowest BCUT2D eigenvalue weighted by atomic mass is 9.90. The van der Waals surface area contributed by atoms with Crippen molar-refractivity contribution in [2.45, 2.75) is 52.4 Å². The summed E-state index contributed by atoms with van der Waals surface area (Å²) in [5.41, 5.74) is 2.67. The summed E-state index contributed by atoms with van der Waals surface area (Å²) in [6.45, 7) is 5.50. The van der Waals surface area contributed by atoms with Crippen molar-refractivity contribution in [3.05, 3.63) is 57.1 Å². The van der Waals surface area contributed by atoms with Crippen LogP contribution in [-0.2, 0) is 6.54 Å². The van der Waals surface area contributed by atoms with Crippen LogP contribution in [0.25, 0.3) is 10.9 Å². The molecule has 212 valence electrons. The first kappa shape index (κ1) is 28.5. The van der Waals surface area contributed by atoms with E-state index in [-0.39, 0.29) is 30.0 Å². The van der Waals surface area contributed by atoms with Crippen molar-refractivity contribution in [1.29, 1.82) is 0 Å². The first-order valence-corrected chi connectivity index (χ1v) is 13.0. The number of alkyl halides is 3. The summed E-state index contributed by atoms with van der Waals surface area (Å²) in [6, 6.07) is 7.14. The molecular weight excluding hydrogens is 513 g/mol. The Labute approximate surface area is 225 Å². The van der Waals surface area contributed by atoms with Gasteiger partial charge in [0.2, 0.25) is 0 Å². The third kappa shape index (κ3) is 6.08. The van der Waals surface area contributed by atoms with Crippen LogP contribution in [0.5, 0.6) is 11.5 Å². The first-order chi connectivity index (χ1) is 18.4. The molecule has 4 rings (SSSR count). The van der Waals surface area contributed by atoms with Crippen molar-refractivity contribution in [2.75, 3.05) is 33.9 Å². The van der Waals surface area contributed by atoms with Crippen LogP contribution in [0.4, 0.5) is 13.2 Å². The van der Waals surface area contributed by atoms with Gasteiger partial charge in [-0.05, 0) is 70.8 Å². The molecule has 2 aromatic heterocycles. The van der Waals surface area contributed by atoms with Crippen molar-refractivity contribution in [3.63, 3.8) is 0 Å². The lowest BCUT2D eigenvalue weighted by molar-refractivity contribution is -0.149. The molecule has 1 aromatic carbocycles. The number of pyridine rings is 1. The van der Waals surface area contributed by atoms with Gasteiger partial charge in [0.25, 0.3) is 11.5 Å². The highest BCUT2D eigenvalue weighted by Crippen LogP contribution is 2.37. The van der Waals surface area contributed by atoms with Crippen molar-refractivity contribution >= 4 is 16.8 Å². The van der Waals surface area contributed by atoms with E-state index in [0.29, 0.717) is 54.3 Å². The fourth-order valence-electron chi connectivity index (χ4n) is 5.71. The smallest absolute Gasteiger partial charge is 0.401 e. The molecule has 0 aliphatic carbocycles. The number of benzene rings is 1. The second kappa shape index (κ2) is 11.3. The monoisotopic (exact) mass is 548 g/mol. The van der Waals surface area contributed by atoms with E-state index in [4.69, 9.17) is 9.47 Å². The molecule has 3 aromatic rings. The molecule has 1 saturated heterocycles. The van der Waals surface area contributed by atoms with Gasteiger partial charge in [-0.1, -0.05) is 0 Å². The van der Waals surface area contributed by atoms with Crippen LogP contribution >= 0.6 is 0 Å². The maximum atomic E-state index is 13.6. The number of aryl methyl sites for hydroxylation is 1. The number of ether oxygens (including phenoxy) is 2. The van der Waals surface area contributed by atoms with Crippen LogP contribution in [0.3, 0.4) is 0 Å². The molecule has 1 aliphatic heterocycles. The molecule has 3 heterocycles. The predicted molar refractivity (Wildman–Crippen MR) is 143 cm³/mol. The van der Waals surface area contributed by atoms with Crippen LogP contribution in [0, 0.1) is 19.8 Å². The van der Waals surface area contributed by atoms with Gasteiger partial charge in [-0.15, -0.1) is 0 Å². The summed E-state index contributed by atoms with van der Waals surface area (Å²) >= 11 is 0. The number of hydrogen-bond donors (Lipinski definition) is 2. The Balaban J connectivity index is 1.63. The second-order valence-electron chi connectivity index (χ2n) is 10.2. The number of aromatic amines is 1. The van der Waals surface area contributed by atoms with Crippen LogP contribution < -0.4 is 20.3 Å². The standard InChI is InChI=1S/C28H35F3N4O4/c1-16-12-24(39-5)22(26(36)33-16)14-32-27(37)25-18(3)35(23-13-20(38-4)6-7-21(23)25)17(2)19-8-10-34(11-9-19)15-28(29,30)31/h6-7,12-13,17,19H,8-11,14-15H2,1-5H3,(H,32,37)(H,33,36)/t17-/m0/s1. The second-order valence-corrected chi connectivity index (χ2v) is 10.2. The molecule has 8 nitrogen and oxygen atoms in total. The van der Waals surface area contributed by atoms with Crippen LogP contribution in [0.1, 0.15) is 53.1 Å². The number of aromatic nitrogens is 2. The highest BCUT2D eigenvalue weighted by Gasteiger charge is 2.34. The zero-order valence-corrected chi connectivity index (χ0v) is 22.9. The molecular formula is C28H35F3N4O4. The maximum Gasteiger partial charge on any atom is 0.401 e. The van der Waals surface area contributed by atoms with E-state index in [2.05, 4.69) is 14.9 Å². The molecule has 1 fully saturated rings. The number of amides is 1. The topological polar surface area (TPSA) is 88.6 Å². The number of carbonyl (C=O) groups is 1. The number of nitrogens with zero attached hydrogens (tertiary/aromatic N) is 2. The number of piperidine rings is 1. The Morgan fingerprint density at radius 2 is 1.85 bits per heavy atom. The van der Waals surface area contributed by atoms with E-state index in [1.165, 1.54) is 12.0 Å². The molecule has 0 unspecified atom stereocenters. The number of methoxy groups -OCH3 is 2. The van der Waals surface area contributed by atoms with Gasteiger partial charge >= 0.3 is 6.18 Å². The lowest BCUT2D eigenvalue weighted by Crippen LogP contribution is -2.41. The van der Waals surface area contributed by atoms with Gasteiger partial charge < -0.3 is 24.3 Å². The van der Waals surface area contributed by atoms with Crippen molar-refractivity contribution in [1.82, 2.24) is 19.8 Å². The zero-order chi connectivity index (χ0) is 28.5. The zero-order valence-electron chi connectivity index (χ0n) is 22.9. The number of H-pyrrole nitrogens is 1. The summed E-state index contributed by atoms with van der Waals surface area (Å²) in [4.78, 5) is 30.2. The molecule has 2 N–H and O–H groups in total. The first-order valence-electron chi connectivity index (χ1n) is 13.0. The van der Waals surface area contributed by atoms with Gasteiger partial charge in [-0.25, -0.2) is 0 Å². The highest BCUT2D eigenvalue weighted by molar-refractivity contribution is 6.08. The quantitative estimate of drug-likeness (QED) is 0.425. The van der Waals surface area contributed by atoms with Gasteiger partial charge in [0, 0.05) is 28.9 Å². The molecule has 0 radical (unpaired) electrons. The van der Waals surface area contributed by atoms with Crippen LogP contribution in [-0.4, -0.2) is 60.4 Å². The Morgan fingerprint density at radius 1 is 1.15 bits per heavy atom. The average Bonchev–Trinajstić information content (AvgIpc) is 3.17. The number of nitrogens with one attached hydrogen (secondary N) is 2. The molecule has 1 atom stereocenters. The summed E-state index contributed by atoms with van der Waals surface area (Å²) in [5, 5.41) is 3.61. The minimum atomic E-state index is -4.21. The summed E-state index contributed by atoms with van der Waals surface area (Å²) in [7, 11) is 3.04. The summed E-state index contributed by atoms with van der Waals surface area (Å²) in [6.07, 6.45) is -2.96. The largest absolute Gasteiger partial charge is 0.497 e. The van der Waals surface area contributed by atoms with Crippen LogP contribution in [0.2, 0.25) is 0 Å². The third-order valence-corrected chi connectivity index (χ3v) is 7.68. The number of carbonyl (C=O) groups excluding carboxylic acids is 1. The van der Waals surface area contributed by atoms with Gasteiger partial charge in [0.05, 0.1) is 44.0 Å². The van der Waals surface area contributed by atoms with E-state index in [0.717, 1.165) is 16.6 Å². The molecule has 1 aliphatic rings. The Bertz CT molecular complexity index is 1400. The van der Waals surface area contributed by atoms with E-state index in [1.807, 2.05) is 26.0 Å². The number of likely N-dealkylation sites (tertiary alicyclic amines) is 1.